The van der Waals surface area contributed by atoms with Crippen LogP contribution in [0.3, 0.4) is 0 Å². The van der Waals surface area contributed by atoms with Crippen molar-refractivity contribution in [2.45, 2.75) is 19.4 Å². The molecule has 1 saturated heterocycles. The number of hydrogen-bond donors (Lipinski definition) is 3. The van der Waals surface area contributed by atoms with Crippen LogP contribution in [0.4, 0.5) is 4.79 Å². The molecule has 1 unspecified atom stereocenters. The molecule has 114 valence electrons. The Hall–Kier alpha value is -2.08. The van der Waals surface area contributed by atoms with Crippen molar-refractivity contribution in [3.63, 3.8) is 0 Å². The molecule has 5 N–H and O–H groups in total. The van der Waals surface area contributed by atoms with E-state index in [0.29, 0.717) is 25.2 Å². The van der Waals surface area contributed by atoms with Gasteiger partial charge in [-0.15, -0.1) is 0 Å². The third-order valence-electron chi connectivity index (χ3n) is 3.78. The highest BCUT2D eigenvalue weighted by Crippen LogP contribution is 2.18. The normalized spacial score (nSPS) is 18.3. The smallest absolute Gasteiger partial charge is 0.312 e. The molecule has 0 spiro atoms. The van der Waals surface area contributed by atoms with Crippen LogP contribution in [0, 0.1) is 5.92 Å². The van der Waals surface area contributed by atoms with Gasteiger partial charge in [-0.1, -0.05) is 12.1 Å². The number of rotatable bonds is 4. The van der Waals surface area contributed by atoms with Gasteiger partial charge in [0.25, 0.3) is 5.91 Å². The van der Waals surface area contributed by atoms with Gasteiger partial charge in [-0.05, 0) is 36.5 Å². The summed E-state index contributed by atoms with van der Waals surface area (Å²) in [6.45, 7) is 2.33. The van der Waals surface area contributed by atoms with Crippen molar-refractivity contribution in [3.05, 3.63) is 35.4 Å². The third kappa shape index (κ3) is 4.19. The van der Waals surface area contributed by atoms with Gasteiger partial charge in [-0.2, -0.15) is 0 Å². The Morgan fingerprint density at radius 3 is 2.90 bits per heavy atom. The van der Waals surface area contributed by atoms with Crippen LogP contribution >= 0.6 is 0 Å². The molecule has 0 bridgehead atoms. The van der Waals surface area contributed by atoms with Crippen LogP contribution in [0.2, 0.25) is 0 Å². The van der Waals surface area contributed by atoms with Gasteiger partial charge < -0.3 is 21.7 Å². The molecule has 1 atom stereocenters. The molecule has 1 aliphatic heterocycles. The van der Waals surface area contributed by atoms with E-state index < -0.39 is 6.03 Å². The van der Waals surface area contributed by atoms with Crippen molar-refractivity contribution in [3.8, 4) is 0 Å². The van der Waals surface area contributed by atoms with Crippen LogP contribution in [0.15, 0.2) is 24.3 Å². The van der Waals surface area contributed by atoms with Crippen molar-refractivity contribution in [2.24, 2.45) is 17.4 Å². The average molecular weight is 290 g/mol. The number of amides is 3. The maximum atomic E-state index is 12.5. The fourth-order valence-electron chi connectivity index (χ4n) is 2.67. The zero-order valence-electron chi connectivity index (χ0n) is 12.0. The molecule has 2 rings (SSSR count). The lowest BCUT2D eigenvalue weighted by Crippen LogP contribution is -2.44. The fraction of sp³-hybridized carbons (Fsp3) is 0.467. The van der Waals surface area contributed by atoms with E-state index in [-0.39, 0.29) is 11.8 Å². The first kappa shape index (κ1) is 15.3. The lowest BCUT2D eigenvalue weighted by molar-refractivity contribution is 0.0675. The number of carbonyl (C=O) groups is 2. The van der Waals surface area contributed by atoms with E-state index in [9.17, 15) is 9.59 Å². The van der Waals surface area contributed by atoms with Crippen LogP contribution in [0.5, 0.6) is 0 Å². The van der Waals surface area contributed by atoms with Gasteiger partial charge in [0.05, 0.1) is 0 Å². The number of nitrogens with one attached hydrogen (secondary N) is 1. The number of piperidine rings is 1. The van der Waals surface area contributed by atoms with Gasteiger partial charge in [-0.3, -0.25) is 4.79 Å². The van der Waals surface area contributed by atoms with E-state index in [1.165, 1.54) is 0 Å². The number of likely N-dealkylation sites (tertiary alicyclic amines) is 1. The maximum absolute atomic E-state index is 12.5. The van der Waals surface area contributed by atoms with E-state index in [1.807, 2.05) is 29.2 Å². The van der Waals surface area contributed by atoms with Crippen molar-refractivity contribution in [1.29, 1.82) is 0 Å². The van der Waals surface area contributed by atoms with E-state index >= 15 is 0 Å². The molecule has 1 fully saturated rings. The maximum Gasteiger partial charge on any atom is 0.312 e. The number of primary amides is 1. The van der Waals surface area contributed by atoms with Crippen LogP contribution in [-0.2, 0) is 6.54 Å². The summed E-state index contributed by atoms with van der Waals surface area (Å²) >= 11 is 0. The molecule has 3 amide bonds. The van der Waals surface area contributed by atoms with Crippen LogP contribution < -0.4 is 16.8 Å². The average Bonchev–Trinajstić information content (AvgIpc) is 2.52. The minimum Gasteiger partial charge on any atom is -0.352 e. The quantitative estimate of drug-likeness (QED) is 0.759. The molecule has 0 saturated carbocycles. The van der Waals surface area contributed by atoms with Crippen LogP contribution in [0.1, 0.15) is 28.8 Å². The number of carbonyl (C=O) groups excluding carboxylic acids is 2. The van der Waals surface area contributed by atoms with E-state index in [1.54, 1.807) is 0 Å². The first-order valence-electron chi connectivity index (χ1n) is 7.21. The van der Waals surface area contributed by atoms with Gasteiger partial charge >= 0.3 is 6.03 Å². The summed E-state index contributed by atoms with van der Waals surface area (Å²) in [5.41, 5.74) is 12.3. The third-order valence-corrected chi connectivity index (χ3v) is 3.78. The summed E-state index contributed by atoms with van der Waals surface area (Å²) in [6.07, 6.45) is 1.93. The molecule has 1 aromatic carbocycles. The van der Waals surface area contributed by atoms with E-state index in [0.717, 1.165) is 24.9 Å². The summed E-state index contributed by atoms with van der Waals surface area (Å²) in [5, 5.41) is 2.62. The number of benzene rings is 1. The van der Waals surface area contributed by atoms with Gasteiger partial charge in [0, 0.05) is 31.7 Å². The Morgan fingerprint density at radius 2 is 2.19 bits per heavy atom. The summed E-state index contributed by atoms with van der Waals surface area (Å²) in [4.78, 5) is 25.1. The molecule has 6 heteroatoms. The molecular weight excluding hydrogens is 268 g/mol. The summed E-state index contributed by atoms with van der Waals surface area (Å²) in [7, 11) is 0. The first-order valence-corrected chi connectivity index (χ1v) is 7.21. The topological polar surface area (TPSA) is 101 Å². The summed E-state index contributed by atoms with van der Waals surface area (Å²) in [6, 6.07) is 6.90. The molecular formula is C15H22N4O2. The van der Waals surface area contributed by atoms with E-state index in [4.69, 9.17) is 11.5 Å². The molecule has 1 aromatic rings. The Kier molecular flexibility index (Phi) is 5.16. The van der Waals surface area contributed by atoms with E-state index in [2.05, 4.69) is 5.32 Å². The Labute approximate surface area is 124 Å². The Bertz CT molecular complexity index is 518. The highest BCUT2D eigenvalue weighted by Gasteiger charge is 2.24. The second-order valence-corrected chi connectivity index (χ2v) is 5.41. The lowest BCUT2D eigenvalue weighted by atomic mass is 9.97. The second kappa shape index (κ2) is 7.08. The molecule has 6 nitrogen and oxygen atoms in total. The van der Waals surface area contributed by atoms with Gasteiger partial charge in [-0.25, -0.2) is 4.79 Å². The number of urea groups is 1. The molecule has 1 aliphatic rings. The predicted molar refractivity (Wildman–Crippen MR) is 80.5 cm³/mol. The minimum absolute atomic E-state index is 0.0223. The van der Waals surface area contributed by atoms with Crippen molar-refractivity contribution < 1.29 is 9.59 Å². The van der Waals surface area contributed by atoms with Crippen LogP contribution in [0.25, 0.3) is 0 Å². The number of nitrogens with zero attached hydrogens (tertiary/aromatic N) is 1. The molecule has 21 heavy (non-hydrogen) atoms. The molecule has 0 aliphatic carbocycles. The standard InChI is InChI=1S/C15H22N4O2/c16-8-11-3-1-5-13(7-11)14(20)19-6-2-4-12(10-19)9-18-15(17)21/h1,3,5,7,12H,2,4,6,8-10,16H2,(H3,17,18,21). The fourth-order valence-corrected chi connectivity index (χ4v) is 2.67. The molecule has 0 radical (unpaired) electrons. The Morgan fingerprint density at radius 1 is 1.38 bits per heavy atom. The van der Waals surface area contributed by atoms with Crippen molar-refractivity contribution in [1.82, 2.24) is 10.2 Å². The Balaban J connectivity index is 1.99. The van der Waals surface area contributed by atoms with Gasteiger partial charge in [0.2, 0.25) is 0 Å². The molecule has 1 heterocycles. The zero-order valence-corrected chi connectivity index (χ0v) is 12.0. The highest BCUT2D eigenvalue weighted by molar-refractivity contribution is 5.94. The number of hydrogen-bond acceptors (Lipinski definition) is 3. The first-order chi connectivity index (χ1) is 10.1. The van der Waals surface area contributed by atoms with Gasteiger partial charge in [0.15, 0.2) is 0 Å². The second-order valence-electron chi connectivity index (χ2n) is 5.41. The monoisotopic (exact) mass is 290 g/mol. The largest absolute Gasteiger partial charge is 0.352 e. The zero-order chi connectivity index (χ0) is 15.2. The van der Waals surface area contributed by atoms with Crippen LogP contribution in [-0.4, -0.2) is 36.5 Å². The SMILES string of the molecule is NCc1cccc(C(=O)N2CCCC(CNC(N)=O)C2)c1. The van der Waals surface area contributed by atoms with Gasteiger partial charge in [0.1, 0.15) is 0 Å². The highest BCUT2D eigenvalue weighted by atomic mass is 16.2. The summed E-state index contributed by atoms with van der Waals surface area (Å²) < 4.78 is 0. The predicted octanol–water partition coefficient (Wildman–Crippen LogP) is 0.666. The van der Waals surface area contributed by atoms with Crippen molar-refractivity contribution in [2.75, 3.05) is 19.6 Å². The summed E-state index contributed by atoms with van der Waals surface area (Å²) in [5.74, 6) is 0.280. The minimum atomic E-state index is -0.519. The molecule has 0 aromatic heterocycles. The number of nitrogens with two attached hydrogens (primary N) is 2. The lowest BCUT2D eigenvalue weighted by Gasteiger charge is -2.33. The van der Waals surface area contributed by atoms with Crippen molar-refractivity contribution >= 4 is 11.9 Å².